The van der Waals surface area contributed by atoms with Gasteiger partial charge in [0.1, 0.15) is 31.1 Å². The third-order valence-corrected chi connectivity index (χ3v) is 15.8. The molecular formula is C58H67N9O9S. The molecule has 0 saturated carbocycles. The van der Waals surface area contributed by atoms with Crippen LogP contribution < -0.4 is 38.1 Å². The number of alkyl carbamates (subject to hydrolysis) is 2. The molecule has 1 saturated heterocycles. The molecule has 2 heterocycles. The molecule has 0 unspecified atom stereocenters. The van der Waals surface area contributed by atoms with Gasteiger partial charge in [0.2, 0.25) is 21.8 Å². The van der Waals surface area contributed by atoms with Crippen LogP contribution in [0.5, 0.6) is 0 Å². The summed E-state index contributed by atoms with van der Waals surface area (Å²) in [6, 6.07) is 34.4. The van der Waals surface area contributed by atoms with Gasteiger partial charge in [0.25, 0.3) is 0 Å². The predicted octanol–water partition coefficient (Wildman–Crippen LogP) is 8.20. The largest absolute Gasteiger partial charge is 0.449 e. The van der Waals surface area contributed by atoms with Crippen LogP contribution >= 0.6 is 0 Å². The Morgan fingerprint density at radius 3 is 2.14 bits per heavy atom. The number of fused-ring (bicyclic) bond motifs is 4. The minimum Gasteiger partial charge on any atom is -0.449 e. The molecule has 1 aromatic heterocycles. The van der Waals surface area contributed by atoms with Gasteiger partial charge in [0.05, 0.1) is 10.4 Å². The zero-order valence-electron chi connectivity index (χ0n) is 43.6. The summed E-state index contributed by atoms with van der Waals surface area (Å²) in [5, 5.41) is 14.5. The molecule has 18 nitrogen and oxygen atoms in total. The third kappa shape index (κ3) is 13.9. The molecule has 1 aliphatic carbocycles. The number of aromatic nitrogens is 1. The Balaban J connectivity index is 0.786. The number of unbranched alkanes of at least 4 members (excludes halogenated alkanes) is 2. The van der Waals surface area contributed by atoms with E-state index >= 15 is 0 Å². The van der Waals surface area contributed by atoms with Gasteiger partial charge in [-0.2, -0.15) is 4.31 Å². The molecule has 5 aromatic carbocycles. The van der Waals surface area contributed by atoms with Gasteiger partial charge in [-0.05, 0) is 113 Å². The van der Waals surface area contributed by atoms with E-state index in [2.05, 4.69) is 44.6 Å². The molecule has 6 aromatic rings. The Labute approximate surface area is 449 Å². The Bertz CT molecular complexity index is 3170. The fourth-order valence-electron chi connectivity index (χ4n) is 9.70. The smallest absolute Gasteiger partial charge is 0.407 e. The number of nitrogens with one attached hydrogen (secondary N) is 5. The topological polar surface area (TPSA) is 266 Å². The standard InChI is InChI=1S/C58H67N9O9S/c1-4-5-6-13-42-28-41-24-23-40(30-51(41)64-53(42)59)39-14-11-15-44(29-39)77(73,74)67-32-38(33-67)31-62-57(71)75-34-37-21-25-43(26-22-37)63-54(68)50(20-12-27-61-56(60)70)65-55(69)52(36(2)3)66-58(72)76-35-49-47-18-9-7-16-45(47)46-17-8-10-19-48(46)49/h7-11,14-19,21-26,28-30,36,38,49-50,52H,4-6,12-13,20,27,31-35H2,1-3H3,(H2,59,64)(H,62,71)(H,63,68)(H,65,69)(H,66,72)(H3,60,61,70)/t50-,52-/m0/s1. The summed E-state index contributed by atoms with van der Waals surface area (Å²) in [6.45, 7) is 6.48. The molecule has 77 heavy (non-hydrogen) atoms. The van der Waals surface area contributed by atoms with Crippen molar-refractivity contribution in [1.29, 1.82) is 0 Å². The van der Waals surface area contributed by atoms with Gasteiger partial charge in [-0.3, -0.25) is 9.59 Å². The number of carbonyl (C=O) groups is 5. The molecular weight excluding hydrogens is 999 g/mol. The Morgan fingerprint density at radius 1 is 0.753 bits per heavy atom. The van der Waals surface area contributed by atoms with Gasteiger partial charge < -0.3 is 47.5 Å². The Hall–Kier alpha value is -8.03. The lowest BCUT2D eigenvalue weighted by atomic mass is 9.98. The van der Waals surface area contributed by atoms with Crippen LogP contribution in [0, 0.1) is 11.8 Å². The first kappa shape index (κ1) is 55.2. The summed E-state index contributed by atoms with van der Waals surface area (Å²) in [4.78, 5) is 69.6. The summed E-state index contributed by atoms with van der Waals surface area (Å²) in [7, 11) is -3.80. The third-order valence-electron chi connectivity index (χ3n) is 14.0. The van der Waals surface area contributed by atoms with Crippen LogP contribution in [0.15, 0.2) is 126 Å². The zero-order chi connectivity index (χ0) is 54.6. The Kier molecular flexibility index (Phi) is 18.1. The second-order valence-electron chi connectivity index (χ2n) is 19.9. The number of amides is 6. The number of nitrogen functional groups attached to an aromatic ring is 1. The zero-order valence-corrected chi connectivity index (χ0v) is 44.4. The molecule has 8 rings (SSSR count). The number of benzene rings is 5. The van der Waals surface area contributed by atoms with Crippen LogP contribution in [0.25, 0.3) is 33.2 Å². The number of hydrogen-bond acceptors (Lipinski definition) is 11. The first-order chi connectivity index (χ1) is 37.1. The predicted molar refractivity (Wildman–Crippen MR) is 296 cm³/mol. The van der Waals surface area contributed by atoms with Crippen molar-refractivity contribution >= 4 is 62.5 Å². The van der Waals surface area contributed by atoms with Crippen LogP contribution in [-0.2, 0) is 42.1 Å². The fraction of sp³-hybridized carbons (Fsp3) is 0.345. The minimum atomic E-state index is -3.80. The number of hydrogen-bond donors (Lipinski definition) is 7. The lowest BCUT2D eigenvalue weighted by molar-refractivity contribution is -0.128. The van der Waals surface area contributed by atoms with E-state index in [1.165, 1.54) is 4.31 Å². The molecule has 0 bridgehead atoms. The number of pyridine rings is 1. The van der Waals surface area contributed by atoms with Gasteiger partial charge in [0.15, 0.2) is 0 Å². The molecule has 0 spiro atoms. The average molecular weight is 1070 g/mol. The molecule has 1 aliphatic heterocycles. The highest BCUT2D eigenvalue weighted by atomic mass is 32.2. The van der Waals surface area contributed by atoms with Crippen molar-refractivity contribution < 1.29 is 41.9 Å². The molecule has 1 fully saturated rings. The maximum atomic E-state index is 13.8. The van der Waals surface area contributed by atoms with Crippen molar-refractivity contribution in [1.82, 2.24) is 30.6 Å². The summed E-state index contributed by atoms with van der Waals surface area (Å²) in [6.07, 6.45) is 3.14. The second kappa shape index (κ2) is 25.2. The molecule has 404 valence electrons. The van der Waals surface area contributed by atoms with Crippen molar-refractivity contribution in [3.8, 4) is 22.3 Å². The fourth-order valence-corrected chi connectivity index (χ4v) is 11.3. The van der Waals surface area contributed by atoms with E-state index in [-0.39, 0.29) is 68.5 Å². The SMILES string of the molecule is CCCCCc1cc2ccc(-c3cccc(S(=O)(=O)N4CC(CNC(=O)OCc5ccc(NC(=O)[C@H](CCCNC(N)=O)NC(=O)[C@@H](NC(=O)OCC6c7ccccc7-c7ccccc76)C(C)C)cc5)C4)c3)cc2nc1N. The highest BCUT2D eigenvalue weighted by Gasteiger charge is 2.37. The van der Waals surface area contributed by atoms with E-state index in [4.69, 9.17) is 20.9 Å². The van der Waals surface area contributed by atoms with Crippen molar-refractivity contribution in [2.24, 2.45) is 17.6 Å². The first-order valence-electron chi connectivity index (χ1n) is 26.1. The number of nitrogens with zero attached hydrogens (tertiary/aromatic N) is 2. The maximum Gasteiger partial charge on any atom is 0.407 e. The summed E-state index contributed by atoms with van der Waals surface area (Å²) < 4.78 is 39.9. The number of sulfonamides is 1. The van der Waals surface area contributed by atoms with Gasteiger partial charge in [-0.15, -0.1) is 0 Å². The molecule has 6 amide bonds. The van der Waals surface area contributed by atoms with Crippen molar-refractivity contribution in [2.75, 3.05) is 43.8 Å². The minimum absolute atomic E-state index is 0.0556. The number of anilines is 2. The summed E-state index contributed by atoms with van der Waals surface area (Å²) in [5.74, 6) is -1.31. The highest BCUT2D eigenvalue weighted by molar-refractivity contribution is 7.89. The van der Waals surface area contributed by atoms with Crippen molar-refractivity contribution in [3.63, 3.8) is 0 Å². The van der Waals surface area contributed by atoms with Crippen LogP contribution in [0.4, 0.5) is 25.9 Å². The lowest BCUT2D eigenvalue weighted by Crippen LogP contribution is -2.54. The van der Waals surface area contributed by atoms with Gasteiger partial charge in [-0.1, -0.05) is 119 Å². The average Bonchev–Trinajstić information content (AvgIpc) is 3.75. The quantitative estimate of drug-likeness (QED) is 0.0301. The van der Waals surface area contributed by atoms with Crippen LogP contribution in [0.3, 0.4) is 0 Å². The number of carbonyl (C=O) groups excluding carboxylic acids is 5. The number of nitrogens with two attached hydrogens (primary N) is 2. The number of urea groups is 1. The van der Waals surface area contributed by atoms with Gasteiger partial charge >= 0.3 is 18.2 Å². The number of aryl methyl sites for hydroxylation is 1. The van der Waals surface area contributed by atoms with E-state index in [9.17, 15) is 32.4 Å². The molecule has 19 heteroatoms. The normalized spacial score (nSPS) is 14.1. The highest BCUT2D eigenvalue weighted by Crippen LogP contribution is 2.44. The summed E-state index contributed by atoms with van der Waals surface area (Å²) >= 11 is 0. The monoisotopic (exact) mass is 1070 g/mol. The van der Waals surface area contributed by atoms with E-state index < -0.39 is 52.1 Å². The maximum absolute atomic E-state index is 13.8. The Morgan fingerprint density at radius 2 is 1.45 bits per heavy atom. The van der Waals surface area contributed by atoms with Crippen molar-refractivity contribution in [2.45, 2.75) is 88.8 Å². The first-order valence-corrected chi connectivity index (χ1v) is 27.6. The van der Waals surface area contributed by atoms with E-state index in [1.807, 2.05) is 72.8 Å². The molecule has 9 N–H and O–H groups in total. The molecule has 2 aliphatic rings. The van der Waals surface area contributed by atoms with Gasteiger partial charge in [-0.25, -0.2) is 27.8 Å². The summed E-state index contributed by atoms with van der Waals surface area (Å²) in [5.41, 5.74) is 20.2. The number of ether oxygens (including phenoxy) is 2. The second-order valence-corrected chi connectivity index (χ2v) is 21.9. The number of rotatable bonds is 23. The van der Waals surface area contributed by atoms with Crippen LogP contribution in [-0.4, -0.2) is 92.6 Å². The van der Waals surface area contributed by atoms with E-state index in [0.29, 0.717) is 23.5 Å². The van der Waals surface area contributed by atoms with E-state index in [1.54, 1.807) is 56.3 Å². The lowest BCUT2D eigenvalue weighted by Gasteiger charge is -2.38. The number of primary amides is 1. The molecule has 0 radical (unpaired) electrons. The molecule has 2 atom stereocenters. The van der Waals surface area contributed by atoms with E-state index in [0.717, 1.165) is 75.5 Å². The van der Waals surface area contributed by atoms with Crippen LogP contribution in [0.1, 0.15) is 81.0 Å². The van der Waals surface area contributed by atoms with Gasteiger partial charge in [0, 0.05) is 49.1 Å². The van der Waals surface area contributed by atoms with Crippen molar-refractivity contribution in [3.05, 3.63) is 144 Å². The van der Waals surface area contributed by atoms with Crippen LogP contribution in [0.2, 0.25) is 0 Å².